The molecule has 0 bridgehead atoms. The molecule has 32 heavy (non-hydrogen) atoms. The van der Waals surface area contributed by atoms with E-state index in [4.69, 9.17) is 27.9 Å². The van der Waals surface area contributed by atoms with Crippen molar-refractivity contribution >= 4 is 45.8 Å². The van der Waals surface area contributed by atoms with Crippen LogP contribution in [0.3, 0.4) is 0 Å². The lowest BCUT2D eigenvalue weighted by molar-refractivity contribution is 0.0519. The number of aromatic nitrogens is 3. The molecular weight excluding hydrogens is 451 g/mol. The number of halogens is 2. The average molecular weight is 473 g/mol. The van der Waals surface area contributed by atoms with Crippen molar-refractivity contribution in [2.45, 2.75) is 20.4 Å². The maximum atomic E-state index is 13.2. The lowest BCUT2D eigenvalue weighted by Gasteiger charge is -2.08. The summed E-state index contributed by atoms with van der Waals surface area (Å²) in [5, 5.41) is 4.72. The first kappa shape index (κ1) is 22.0. The van der Waals surface area contributed by atoms with Crippen LogP contribution in [0.2, 0.25) is 10.0 Å². The van der Waals surface area contributed by atoms with Crippen molar-refractivity contribution < 1.29 is 9.53 Å². The predicted molar refractivity (Wildman–Crippen MR) is 127 cm³/mol. The molecule has 2 aromatic carbocycles. The minimum atomic E-state index is -0.501. The molecule has 0 fully saturated rings. The summed E-state index contributed by atoms with van der Waals surface area (Å²) < 4.78 is 8.58. The highest BCUT2D eigenvalue weighted by atomic mass is 35.5. The first-order valence-corrected chi connectivity index (χ1v) is 10.8. The summed E-state index contributed by atoms with van der Waals surface area (Å²) in [7, 11) is 1.82. The van der Waals surface area contributed by atoms with Crippen LogP contribution >= 0.6 is 23.2 Å². The molecule has 0 aliphatic heterocycles. The normalized spacial score (nSPS) is 11.2. The first-order chi connectivity index (χ1) is 15.3. The molecule has 0 saturated carbocycles. The number of ether oxygens (including phenoxy) is 1. The molecule has 0 atom stereocenters. The van der Waals surface area contributed by atoms with Gasteiger partial charge in [-0.3, -0.25) is 9.48 Å². The molecule has 7 nitrogen and oxygen atoms in total. The number of hydrogen-bond donors (Lipinski definition) is 2. The molecule has 4 rings (SSSR count). The van der Waals surface area contributed by atoms with E-state index in [-0.39, 0.29) is 24.4 Å². The third-order valence-corrected chi connectivity index (χ3v) is 5.91. The highest BCUT2D eigenvalue weighted by molar-refractivity contribution is 6.39. The third kappa shape index (κ3) is 3.78. The van der Waals surface area contributed by atoms with E-state index in [1.165, 1.54) is 0 Å². The van der Waals surface area contributed by atoms with Crippen LogP contribution < -0.4 is 10.9 Å². The van der Waals surface area contributed by atoms with Crippen LogP contribution in [0.4, 0.5) is 5.69 Å². The number of nitrogens with one attached hydrogen (secondary N) is 2. The summed E-state index contributed by atoms with van der Waals surface area (Å²) in [5.41, 5.74) is 3.26. The second-order valence-corrected chi connectivity index (χ2v) is 8.14. The molecule has 0 spiro atoms. The Bertz CT molecular complexity index is 1370. The van der Waals surface area contributed by atoms with Crippen molar-refractivity contribution in [2.75, 3.05) is 11.9 Å². The van der Waals surface area contributed by atoms with Gasteiger partial charge in [-0.25, -0.2) is 9.48 Å². The average Bonchev–Trinajstić information content (AvgIpc) is 3.22. The quantitative estimate of drug-likeness (QED) is 0.384. The zero-order valence-corrected chi connectivity index (χ0v) is 19.3. The van der Waals surface area contributed by atoms with Gasteiger partial charge in [-0.05, 0) is 38.1 Å². The Morgan fingerprint density at radius 3 is 2.59 bits per heavy atom. The van der Waals surface area contributed by atoms with E-state index in [1.807, 2.05) is 44.3 Å². The SMILES string of the molecule is CCOC(=O)c1[nH]c2cc(Cl)cc(Cl)c2c1CNc1c(C)n(C)n(-c2ccccc2)c1=O. The number of aromatic amines is 1. The van der Waals surface area contributed by atoms with Crippen molar-refractivity contribution in [2.24, 2.45) is 7.05 Å². The standard InChI is InChI=1S/C23H22Cl2N4O3/c1-4-32-23(31)21-16(19-17(25)10-14(24)11-18(19)27-21)12-26-20-13(2)28(3)29(22(20)30)15-8-6-5-7-9-15/h5-11,26-27H,4,12H2,1-3H3. The number of carbonyl (C=O) groups excluding carboxylic acids is 1. The van der Waals surface area contributed by atoms with E-state index in [9.17, 15) is 9.59 Å². The van der Waals surface area contributed by atoms with Gasteiger partial charge in [0.05, 0.1) is 23.0 Å². The molecule has 166 valence electrons. The molecule has 0 radical (unpaired) electrons. The molecule has 0 aliphatic carbocycles. The van der Waals surface area contributed by atoms with Gasteiger partial charge in [-0.1, -0.05) is 41.4 Å². The van der Waals surface area contributed by atoms with E-state index >= 15 is 0 Å². The van der Waals surface area contributed by atoms with Crippen molar-refractivity contribution in [3.63, 3.8) is 0 Å². The van der Waals surface area contributed by atoms with Gasteiger partial charge in [0, 0.05) is 35.1 Å². The number of nitrogens with zero attached hydrogens (tertiary/aromatic N) is 2. The number of rotatable bonds is 6. The smallest absolute Gasteiger partial charge is 0.355 e. The molecule has 2 heterocycles. The number of carbonyl (C=O) groups is 1. The Hall–Kier alpha value is -3.16. The molecule has 2 aromatic heterocycles. The second-order valence-electron chi connectivity index (χ2n) is 7.30. The Morgan fingerprint density at radius 1 is 1.19 bits per heavy atom. The fourth-order valence-electron chi connectivity index (χ4n) is 3.82. The highest BCUT2D eigenvalue weighted by Gasteiger charge is 2.23. The summed E-state index contributed by atoms with van der Waals surface area (Å²) >= 11 is 12.6. The number of fused-ring (bicyclic) bond motifs is 1. The van der Waals surface area contributed by atoms with Crippen LogP contribution in [-0.4, -0.2) is 26.9 Å². The topological polar surface area (TPSA) is 81.1 Å². The number of esters is 1. The Kier molecular flexibility index (Phi) is 6.04. The van der Waals surface area contributed by atoms with Gasteiger partial charge < -0.3 is 15.0 Å². The second kappa shape index (κ2) is 8.76. The molecule has 0 aliphatic rings. The lowest BCUT2D eigenvalue weighted by Crippen LogP contribution is -2.21. The van der Waals surface area contributed by atoms with Gasteiger partial charge in [0.15, 0.2) is 0 Å². The molecule has 0 amide bonds. The van der Waals surface area contributed by atoms with Crippen LogP contribution in [-0.2, 0) is 18.3 Å². The summed E-state index contributed by atoms with van der Waals surface area (Å²) in [6.45, 7) is 4.01. The summed E-state index contributed by atoms with van der Waals surface area (Å²) in [6.07, 6.45) is 0. The largest absolute Gasteiger partial charge is 0.461 e. The van der Waals surface area contributed by atoms with E-state index in [0.717, 1.165) is 11.4 Å². The minimum absolute atomic E-state index is 0.185. The van der Waals surface area contributed by atoms with E-state index in [2.05, 4.69) is 10.3 Å². The number of para-hydroxylation sites is 1. The number of anilines is 1. The summed E-state index contributed by atoms with van der Waals surface area (Å²) in [6, 6.07) is 12.7. The summed E-state index contributed by atoms with van der Waals surface area (Å²) in [4.78, 5) is 28.9. The fraction of sp³-hybridized carbons (Fsp3) is 0.217. The summed E-state index contributed by atoms with van der Waals surface area (Å²) in [5.74, 6) is -0.501. The van der Waals surface area contributed by atoms with Crippen LogP contribution in [0.5, 0.6) is 0 Å². The monoisotopic (exact) mass is 472 g/mol. The van der Waals surface area contributed by atoms with Crippen LogP contribution in [0.15, 0.2) is 47.3 Å². The van der Waals surface area contributed by atoms with Crippen molar-refractivity contribution in [1.82, 2.24) is 14.3 Å². The maximum absolute atomic E-state index is 13.2. The zero-order chi connectivity index (χ0) is 23.0. The minimum Gasteiger partial charge on any atom is -0.461 e. The van der Waals surface area contributed by atoms with Gasteiger partial charge in [0.1, 0.15) is 11.4 Å². The third-order valence-electron chi connectivity index (χ3n) is 5.39. The highest BCUT2D eigenvalue weighted by Crippen LogP contribution is 2.33. The molecule has 4 aromatic rings. The zero-order valence-electron chi connectivity index (χ0n) is 17.8. The number of hydrogen-bond acceptors (Lipinski definition) is 4. The molecular formula is C23H22Cl2N4O3. The Labute approximate surface area is 194 Å². The Morgan fingerprint density at radius 2 is 1.91 bits per heavy atom. The number of H-pyrrole nitrogens is 1. The predicted octanol–water partition coefficient (Wildman–Crippen LogP) is 5.06. The molecule has 0 saturated heterocycles. The van der Waals surface area contributed by atoms with Crippen LogP contribution in [0.1, 0.15) is 28.7 Å². The van der Waals surface area contributed by atoms with Crippen molar-refractivity contribution in [3.05, 3.63) is 79.8 Å². The van der Waals surface area contributed by atoms with Gasteiger partial charge >= 0.3 is 5.97 Å². The van der Waals surface area contributed by atoms with E-state index in [1.54, 1.807) is 28.4 Å². The van der Waals surface area contributed by atoms with E-state index < -0.39 is 5.97 Å². The Balaban J connectivity index is 1.78. The molecule has 2 N–H and O–H groups in total. The molecule has 0 unspecified atom stereocenters. The lowest BCUT2D eigenvalue weighted by atomic mass is 10.1. The number of benzene rings is 2. The van der Waals surface area contributed by atoms with Gasteiger partial charge in [-0.2, -0.15) is 0 Å². The van der Waals surface area contributed by atoms with Crippen LogP contribution in [0, 0.1) is 6.92 Å². The molecule has 9 heteroatoms. The fourth-order valence-corrected chi connectivity index (χ4v) is 4.42. The van der Waals surface area contributed by atoms with Gasteiger partial charge in [-0.15, -0.1) is 0 Å². The van der Waals surface area contributed by atoms with Crippen LogP contribution in [0.25, 0.3) is 16.6 Å². The van der Waals surface area contributed by atoms with Crippen molar-refractivity contribution in [3.8, 4) is 5.69 Å². The first-order valence-electron chi connectivity index (χ1n) is 10.1. The van der Waals surface area contributed by atoms with Gasteiger partial charge in [0.25, 0.3) is 5.56 Å². The van der Waals surface area contributed by atoms with Crippen molar-refractivity contribution in [1.29, 1.82) is 0 Å². The maximum Gasteiger partial charge on any atom is 0.355 e. The van der Waals surface area contributed by atoms with Gasteiger partial charge in [0.2, 0.25) is 0 Å². The van der Waals surface area contributed by atoms with E-state index in [0.29, 0.717) is 32.2 Å².